The quantitative estimate of drug-likeness (QED) is 0.370. The van der Waals surface area contributed by atoms with Crippen LogP contribution in [-0.4, -0.2) is 11.5 Å². The van der Waals surface area contributed by atoms with Gasteiger partial charge in [-0.05, 0) is 50.8 Å². The molecule has 4 nitrogen and oxygen atoms in total. The lowest BCUT2D eigenvalue weighted by Crippen LogP contribution is -2.16. The van der Waals surface area contributed by atoms with Crippen molar-refractivity contribution in [1.29, 1.82) is 0 Å². The smallest absolute Gasteiger partial charge is 0.275 e. The van der Waals surface area contributed by atoms with Gasteiger partial charge in [-0.2, -0.15) is 0 Å². The summed E-state index contributed by atoms with van der Waals surface area (Å²) in [7, 11) is 0. The van der Waals surface area contributed by atoms with Crippen LogP contribution in [0.25, 0.3) is 0 Å². The van der Waals surface area contributed by atoms with Crippen molar-refractivity contribution in [2.45, 2.75) is 38.6 Å². The highest BCUT2D eigenvalue weighted by molar-refractivity contribution is 6.30. The van der Waals surface area contributed by atoms with Crippen molar-refractivity contribution >= 4 is 17.3 Å². The third-order valence-electron chi connectivity index (χ3n) is 3.57. The summed E-state index contributed by atoms with van der Waals surface area (Å²) in [4.78, 5) is 10.6. The molecule has 0 unspecified atom stereocenters. The minimum atomic E-state index is -0.382. The Hall–Kier alpha value is -1.39. The highest BCUT2D eigenvalue weighted by Crippen LogP contribution is 2.23. The van der Waals surface area contributed by atoms with Crippen LogP contribution in [0.5, 0.6) is 0 Å². The number of nitrogens with zero attached hydrogens (tertiary/aromatic N) is 1. The Bertz CT molecular complexity index is 515. The first-order valence-corrected chi connectivity index (χ1v) is 7.36. The zero-order valence-corrected chi connectivity index (χ0v) is 12.2. The lowest BCUT2D eigenvalue weighted by molar-refractivity contribution is -0.385. The molecule has 0 aliphatic heterocycles. The van der Waals surface area contributed by atoms with E-state index in [2.05, 4.69) is 11.4 Å². The zero-order valence-electron chi connectivity index (χ0n) is 11.4. The number of nitrogens with one attached hydrogen (secondary N) is 1. The molecule has 0 aromatic heterocycles. The Labute approximate surface area is 124 Å². The molecule has 5 heteroatoms. The van der Waals surface area contributed by atoms with Crippen LogP contribution < -0.4 is 5.32 Å². The van der Waals surface area contributed by atoms with Gasteiger partial charge in [0.25, 0.3) is 5.69 Å². The van der Waals surface area contributed by atoms with Gasteiger partial charge >= 0.3 is 0 Å². The summed E-state index contributed by atoms with van der Waals surface area (Å²) in [6.07, 6.45) is 8.33. The van der Waals surface area contributed by atoms with Crippen molar-refractivity contribution in [3.63, 3.8) is 0 Å². The van der Waals surface area contributed by atoms with E-state index in [0.717, 1.165) is 13.0 Å². The molecule has 1 aliphatic carbocycles. The molecule has 0 radical (unpaired) electrons. The van der Waals surface area contributed by atoms with Gasteiger partial charge in [0.15, 0.2) is 0 Å². The zero-order chi connectivity index (χ0) is 14.4. The standard InChI is InChI=1S/C15H19ClN2O2/c16-14-7-6-13(15(10-14)18(19)20)11-17-9-8-12-4-2-1-3-5-12/h4,6-7,10,17H,1-3,5,8-9,11H2. The average molecular weight is 295 g/mol. The minimum Gasteiger partial charge on any atom is -0.312 e. The van der Waals surface area contributed by atoms with E-state index in [1.807, 2.05) is 0 Å². The van der Waals surface area contributed by atoms with E-state index in [0.29, 0.717) is 17.1 Å². The second kappa shape index (κ2) is 7.41. The average Bonchev–Trinajstić information content (AvgIpc) is 2.45. The maximum Gasteiger partial charge on any atom is 0.275 e. The Morgan fingerprint density at radius 3 is 2.90 bits per heavy atom. The molecule has 0 saturated heterocycles. The van der Waals surface area contributed by atoms with Gasteiger partial charge in [0.1, 0.15) is 0 Å². The topological polar surface area (TPSA) is 55.2 Å². The van der Waals surface area contributed by atoms with Gasteiger partial charge in [0.2, 0.25) is 0 Å². The van der Waals surface area contributed by atoms with Gasteiger partial charge in [0.05, 0.1) is 4.92 Å². The molecule has 1 aliphatic rings. The molecule has 0 heterocycles. The van der Waals surface area contributed by atoms with E-state index in [9.17, 15) is 10.1 Å². The molecule has 0 saturated carbocycles. The first-order chi connectivity index (χ1) is 9.66. The molecular weight excluding hydrogens is 276 g/mol. The largest absolute Gasteiger partial charge is 0.312 e. The number of hydrogen-bond donors (Lipinski definition) is 1. The third-order valence-corrected chi connectivity index (χ3v) is 3.80. The molecule has 0 fully saturated rings. The van der Waals surface area contributed by atoms with E-state index < -0.39 is 0 Å². The van der Waals surface area contributed by atoms with Crippen LogP contribution in [0.2, 0.25) is 5.02 Å². The molecule has 1 aromatic rings. The predicted octanol–water partition coefficient (Wildman–Crippen LogP) is 4.23. The molecule has 0 bridgehead atoms. The molecule has 1 N–H and O–H groups in total. The van der Waals surface area contributed by atoms with E-state index >= 15 is 0 Å². The minimum absolute atomic E-state index is 0.0851. The second-order valence-electron chi connectivity index (χ2n) is 5.07. The van der Waals surface area contributed by atoms with Crippen molar-refractivity contribution in [3.05, 3.63) is 50.5 Å². The van der Waals surface area contributed by atoms with Gasteiger partial charge in [-0.25, -0.2) is 0 Å². The number of allylic oxidation sites excluding steroid dienone is 1. The summed E-state index contributed by atoms with van der Waals surface area (Å²) < 4.78 is 0. The first kappa shape index (κ1) is 15.0. The van der Waals surface area contributed by atoms with Crippen LogP contribution in [0, 0.1) is 10.1 Å². The van der Waals surface area contributed by atoms with Crippen LogP contribution in [0.4, 0.5) is 5.69 Å². The van der Waals surface area contributed by atoms with Crippen LogP contribution in [0.15, 0.2) is 29.8 Å². The summed E-state index contributed by atoms with van der Waals surface area (Å²) in [6, 6.07) is 4.81. The van der Waals surface area contributed by atoms with Crippen molar-refractivity contribution in [2.75, 3.05) is 6.54 Å². The summed E-state index contributed by atoms with van der Waals surface area (Å²) in [6.45, 7) is 1.35. The highest BCUT2D eigenvalue weighted by Gasteiger charge is 2.13. The number of nitro benzene ring substituents is 1. The number of nitro groups is 1. The van der Waals surface area contributed by atoms with E-state index in [1.165, 1.54) is 37.3 Å². The Morgan fingerprint density at radius 1 is 1.35 bits per heavy atom. The Morgan fingerprint density at radius 2 is 2.20 bits per heavy atom. The van der Waals surface area contributed by atoms with Crippen LogP contribution in [-0.2, 0) is 6.54 Å². The van der Waals surface area contributed by atoms with E-state index in [1.54, 1.807) is 12.1 Å². The fraction of sp³-hybridized carbons (Fsp3) is 0.467. The molecule has 108 valence electrons. The maximum absolute atomic E-state index is 11.0. The molecule has 2 rings (SSSR count). The first-order valence-electron chi connectivity index (χ1n) is 6.98. The fourth-order valence-electron chi connectivity index (χ4n) is 2.46. The number of hydrogen-bond acceptors (Lipinski definition) is 3. The summed E-state index contributed by atoms with van der Waals surface area (Å²) >= 11 is 5.79. The van der Waals surface area contributed by atoms with Crippen LogP contribution in [0.3, 0.4) is 0 Å². The number of halogens is 1. The highest BCUT2D eigenvalue weighted by atomic mass is 35.5. The van der Waals surface area contributed by atoms with Gasteiger partial charge < -0.3 is 5.32 Å². The maximum atomic E-state index is 11.0. The van der Waals surface area contributed by atoms with Gasteiger partial charge in [0, 0.05) is 23.2 Å². The van der Waals surface area contributed by atoms with E-state index in [4.69, 9.17) is 11.6 Å². The normalized spacial score (nSPS) is 14.9. The lowest BCUT2D eigenvalue weighted by Gasteiger charge is -2.13. The van der Waals surface area contributed by atoms with Crippen molar-refractivity contribution in [1.82, 2.24) is 5.32 Å². The second-order valence-corrected chi connectivity index (χ2v) is 5.50. The summed E-state index contributed by atoms with van der Waals surface area (Å²) in [5, 5.41) is 14.6. The SMILES string of the molecule is O=[N+]([O-])c1cc(Cl)ccc1CNCCC1=CCCCC1. The van der Waals surface area contributed by atoms with E-state index in [-0.39, 0.29) is 10.6 Å². The van der Waals surface area contributed by atoms with Crippen molar-refractivity contribution in [3.8, 4) is 0 Å². The molecule has 1 aromatic carbocycles. The Kier molecular flexibility index (Phi) is 5.56. The number of rotatable bonds is 6. The lowest BCUT2D eigenvalue weighted by atomic mass is 9.97. The van der Waals surface area contributed by atoms with Crippen molar-refractivity contribution < 1.29 is 4.92 Å². The van der Waals surface area contributed by atoms with Crippen LogP contribution >= 0.6 is 11.6 Å². The summed E-state index contributed by atoms with van der Waals surface area (Å²) in [5.74, 6) is 0. The Balaban J connectivity index is 1.84. The number of benzene rings is 1. The molecule has 20 heavy (non-hydrogen) atoms. The predicted molar refractivity (Wildman–Crippen MR) is 81.0 cm³/mol. The fourth-order valence-corrected chi connectivity index (χ4v) is 2.63. The van der Waals surface area contributed by atoms with Gasteiger partial charge in [-0.15, -0.1) is 0 Å². The molecule has 0 atom stereocenters. The summed E-state index contributed by atoms with van der Waals surface area (Å²) in [5.41, 5.74) is 2.27. The molecule has 0 spiro atoms. The molecule has 0 amide bonds. The van der Waals surface area contributed by atoms with Crippen molar-refractivity contribution in [2.24, 2.45) is 0 Å². The monoisotopic (exact) mass is 294 g/mol. The third kappa shape index (κ3) is 4.32. The van der Waals surface area contributed by atoms with Gasteiger partial charge in [-0.1, -0.05) is 23.3 Å². The molecular formula is C15H19ClN2O2. The van der Waals surface area contributed by atoms with Crippen LogP contribution in [0.1, 0.15) is 37.7 Å². The van der Waals surface area contributed by atoms with Gasteiger partial charge in [-0.3, -0.25) is 10.1 Å².